The molecule has 78 valence electrons. The van der Waals surface area contributed by atoms with E-state index in [0.717, 1.165) is 13.0 Å². The number of unbranched alkanes of at least 4 members (excludes halogenated alkanes) is 2. The minimum Gasteiger partial charge on any atom is -0.370 e. The highest BCUT2D eigenvalue weighted by molar-refractivity contribution is 5.78. The molecule has 3 nitrogen and oxygen atoms in total. The molecule has 0 amide bonds. The van der Waals surface area contributed by atoms with Crippen LogP contribution in [0.25, 0.3) is 0 Å². The molecule has 13 heavy (non-hydrogen) atoms. The molecule has 0 aliphatic heterocycles. The van der Waals surface area contributed by atoms with Crippen LogP contribution in [-0.2, 0) is 0 Å². The van der Waals surface area contributed by atoms with Crippen LogP contribution < -0.4 is 11.1 Å². The maximum absolute atomic E-state index is 5.68. The summed E-state index contributed by atoms with van der Waals surface area (Å²) in [5, 5.41) is 3.12. The molecule has 0 bridgehead atoms. The molecule has 0 radical (unpaired) electrons. The van der Waals surface area contributed by atoms with Gasteiger partial charge >= 0.3 is 0 Å². The van der Waals surface area contributed by atoms with Crippen molar-refractivity contribution >= 4 is 5.96 Å². The highest BCUT2D eigenvalue weighted by Gasteiger charge is 2.08. The summed E-state index contributed by atoms with van der Waals surface area (Å²) in [5.74, 6) is 0.559. The van der Waals surface area contributed by atoms with Crippen LogP contribution in [0.4, 0.5) is 0 Å². The van der Waals surface area contributed by atoms with Crippen molar-refractivity contribution in [3.8, 4) is 0 Å². The van der Waals surface area contributed by atoms with Gasteiger partial charge in [-0.1, -0.05) is 19.8 Å². The molecule has 0 saturated heterocycles. The topological polar surface area (TPSA) is 50.4 Å². The number of rotatable bonds is 4. The smallest absolute Gasteiger partial charge is 0.188 e. The zero-order valence-corrected chi connectivity index (χ0v) is 9.35. The fourth-order valence-electron chi connectivity index (χ4n) is 0.985. The predicted molar refractivity (Wildman–Crippen MR) is 58.9 cm³/mol. The van der Waals surface area contributed by atoms with Crippen molar-refractivity contribution in [2.45, 2.75) is 52.5 Å². The van der Waals surface area contributed by atoms with Crippen molar-refractivity contribution in [2.24, 2.45) is 10.7 Å². The van der Waals surface area contributed by atoms with E-state index in [1.165, 1.54) is 12.8 Å². The molecule has 0 aromatic carbocycles. The summed E-state index contributed by atoms with van der Waals surface area (Å²) in [7, 11) is 0. The summed E-state index contributed by atoms with van der Waals surface area (Å²) in [6, 6.07) is 0. The molecule has 0 unspecified atom stereocenters. The Hall–Kier alpha value is -0.730. The third-order valence-electron chi connectivity index (χ3n) is 1.55. The van der Waals surface area contributed by atoms with Crippen LogP contribution in [0.3, 0.4) is 0 Å². The Morgan fingerprint density at radius 1 is 1.31 bits per heavy atom. The maximum Gasteiger partial charge on any atom is 0.188 e. The standard InChI is InChI=1S/C10H23N3/c1-5-6-7-8-12-9(11)13-10(2,3)4/h5-8H2,1-4H3,(H3,11,12,13). The second-order valence-electron chi connectivity index (χ2n) is 4.35. The second kappa shape index (κ2) is 5.84. The van der Waals surface area contributed by atoms with Gasteiger partial charge in [0, 0.05) is 12.1 Å². The van der Waals surface area contributed by atoms with Gasteiger partial charge in [0.25, 0.3) is 0 Å². The Morgan fingerprint density at radius 2 is 1.92 bits per heavy atom. The lowest BCUT2D eigenvalue weighted by Gasteiger charge is -2.20. The average Bonchev–Trinajstić information content (AvgIpc) is 1.94. The Kier molecular flexibility index (Phi) is 5.51. The first-order valence-corrected chi connectivity index (χ1v) is 5.04. The number of hydrogen-bond donors (Lipinski definition) is 2. The number of nitrogens with two attached hydrogens (primary N) is 1. The third kappa shape index (κ3) is 9.18. The Morgan fingerprint density at radius 3 is 2.38 bits per heavy atom. The lowest BCUT2D eigenvalue weighted by Crippen LogP contribution is -2.45. The van der Waals surface area contributed by atoms with Crippen LogP contribution in [0, 0.1) is 0 Å². The van der Waals surface area contributed by atoms with Gasteiger partial charge in [-0.05, 0) is 27.2 Å². The number of hydrogen-bond acceptors (Lipinski definition) is 1. The molecule has 0 aliphatic carbocycles. The molecular weight excluding hydrogens is 162 g/mol. The van der Waals surface area contributed by atoms with Crippen LogP contribution in [0.2, 0.25) is 0 Å². The van der Waals surface area contributed by atoms with E-state index in [4.69, 9.17) is 5.73 Å². The highest BCUT2D eigenvalue weighted by Crippen LogP contribution is 1.98. The van der Waals surface area contributed by atoms with Crippen LogP contribution in [0.1, 0.15) is 47.0 Å². The van der Waals surface area contributed by atoms with Gasteiger partial charge in [0.2, 0.25) is 0 Å². The quantitative estimate of drug-likeness (QED) is 0.399. The monoisotopic (exact) mass is 185 g/mol. The Balaban J connectivity index is 3.63. The highest BCUT2D eigenvalue weighted by atomic mass is 15.1. The number of aliphatic imine (C=N–C) groups is 1. The molecule has 3 N–H and O–H groups in total. The molecule has 0 saturated carbocycles. The van der Waals surface area contributed by atoms with Gasteiger partial charge in [-0.15, -0.1) is 0 Å². The first-order valence-electron chi connectivity index (χ1n) is 5.04. The summed E-state index contributed by atoms with van der Waals surface area (Å²) in [4.78, 5) is 4.23. The fraction of sp³-hybridized carbons (Fsp3) is 0.900. The SMILES string of the molecule is CCCCCN=C(N)NC(C)(C)C. The van der Waals surface area contributed by atoms with Crippen LogP contribution >= 0.6 is 0 Å². The van der Waals surface area contributed by atoms with Gasteiger partial charge in [-0.2, -0.15) is 0 Å². The first kappa shape index (κ1) is 12.3. The van der Waals surface area contributed by atoms with Gasteiger partial charge in [-0.3, -0.25) is 4.99 Å². The molecular formula is C10H23N3. The molecule has 3 heteroatoms. The van der Waals surface area contributed by atoms with Crippen molar-refractivity contribution in [2.75, 3.05) is 6.54 Å². The third-order valence-corrected chi connectivity index (χ3v) is 1.55. The summed E-state index contributed by atoms with van der Waals surface area (Å²) in [6.45, 7) is 9.23. The fourth-order valence-corrected chi connectivity index (χ4v) is 0.985. The van der Waals surface area contributed by atoms with Gasteiger partial charge in [0.15, 0.2) is 5.96 Å². The summed E-state index contributed by atoms with van der Waals surface area (Å²) >= 11 is 0. The van der Waals surface area contributed by atoms with Crippen molar-refractivity contribution in [1.29, 1.82) is 0 Å². The maximum atomic E-state index is 5.68. The van der Waals surface area contributed by atoms with Gasteiger partial charge in [0.1, 0.15) is 0 Å². The van der Waals surface area contributed by atoms with E-state index in [2.05, 4.69) is 38.0 Å². The van der Waals surface area contributed by atoms with E-state index < -0.39 is 0 Å². The summed E-state index contributed by atoms with van der Waals surface area (Å²) < 4.78 is 0. The lowest BCUT2D eigenvalue weighted by molar-refractivity contribution is 0.508. The van der Waals surface area contributed by atoms with E-state index in [0.29, 0.717) is 5.96 Å². The number of nitrogens with one attached hydrogen (secondary N) is 1. The van der Waals surface area contributed by atoms with Crippen molar-refractivity contribution < 1.29 is 0 Å². The van der Waals surface area contributed by atoms with Crippen LogP contribution in [-0.4, -0.2) is 18.0 Å². The minimum absolute atomic E-state index is 0.0122. The van der Waals surface area contributed by atoms with E-state index in [1.807, 2.05) is 0 Å². The largest absolute Gasteiger partial charge is 0.370 e. The van der Waals surface area contributed by atoms with E-state index in [9.17, 15) is 0 Å². The molecule has 0 aliphatic rings. The average molecular weight is 185 g/mol. The molecule has 0 spiro atoms. The zero-order valence-electron chi connectivity index (χ0n) is 9.35. The van der Waals surface area contributed by atoms with E-state index in [-0.39, 0.29) is 5.54 Å². The van der Waals surface area contributed by atoms with Gasteiger partial charge < -0.3 is 11.1 Å². The lowest BCUT2D eigenvalue weighted by atomic mass is 10.1. The molecule has 0 aromatic heterocycles. The van der Waals surface area contributed by atoms with Gasteiger partial charge in [0.05, 0.1) is 0 Å². The van der Waals surface area contributed by atoms with E-state index >= 15 is 0 Å². The normalized spacial score (nSPS) is 13.1. The zero-order chi connectivity index (χ0) is 10.3. The van der Waals surface area contributed by atoms with Gasteiger partial charge in [-0.25, -0.2) is 0 Å². The Bertz CT molecular complexity index is 156. The van der Waals surface area contributed by atoms with Crippen LogP contribution in [0.15, 0.2) is 4.99 Å². The first-order chi connectivity index (χ1) is 5.95. The molecule has 0 aromatic rings. The molecule has 0 fully saturated rings. The summed E-state index contributed by atoms with van der Waals surface area (Å²) in [6.07, 6.45) is 3.58. The van der Waals surface area contributed by atoms with E-state index in [1.54, 1.807) is 0 Å². The second-order valence-corrected chi connectivity index (χ2v) is 4.35. The number of guanidine groups is 1. The minimum atomic E-state index is 0.0122. The Labute approximate surface area is 81.8 Å². The van der Waals surface area contributed by atoms with Crippen molar-refractivity contribution in [3.05, 3.63) is 0 Å². The molecule has 0 atom stereocenters. The molecule has 0 heterocycles. The van der Waals surface area contributed by atoms with Crippen LogP contribution in [0.5, 0.6) is 0 Å². The predicted octanol–water partition coefficient (Wildman–Crippen LogP) is 1.88. The number of nitrogens with zero attached hydrogens (tertiary/aromatic N) is 1. The van der Waals surface area contributed by atoms with Crippen molar-refractivity contribution in [3.63, 3.8) is 0 Å². The summed E-state index contributed by atoms with van der Waals surface area (Å²) in [5.41, 5.74) is 5.69. The molecule has 0 rings (SSSR count). The van der Waals surface area contributed by atoms with Crippen molar-refractivity contribution in [1.82, 2.24) is 5.32 Å².